The molecule has 0 saturated carbocycles. The Morgan fingerprint density at radius 1 is 0.780 bits per heavy atom. The number of aromatic amines is 1. The molecule has 7 aromatic rings. The highest BCUT2D eigenvalue weighted by Crippen LogP contribution is 2.40. The number of hydrogen-bond acceptors (Lipinski definition) is 7. The first kappa shape index (κ1) is 31.4. The molecule has 0 fully saturated rings. The van der Waals surface area contributed by atoms with Crippen LogP contribution in [0.2, 0.25) is 0 Å². The van der Waals surface area contributed by atoms with Crippen LogP contribution >= 0.6 is 0 Å². The minimum absolute atomic E-state index is 0.0240. The second-order valence-corrected chi connectivity index (χ2v) is 11.4. The second kappa shape index (κ2) is 13.5. The molecule has 7 rings (SSSR count). The maximum absolute atomic E-state index is 13.5. The number of hydrogen-bond donors (Lipinski definition) is 3. The first-order chi connectivity index (χ1) is 24.4. The Balaban J connectivity index is 1.12. The van der Waals surface area contributed by atoms with Crippen LogP contribution in [-0.2, 0) is 12.1 Å². The van der Waals surface area contributed by atoms with Gasteiger partial charge in [0, 0.05) is 12.2 Å². The van der Waals surface area contributed by atoms with Crippen LogP contribution in [0.15, 0.2) is 145 Å². The van der Waals surface area contributed by atoms with Gasteiger partial charge in [0.1, 0.15) is 11.9 Å². The van der Waals surface area contributed by atoms with Crippen molar-refractivity contribution in [1.29, 1.82) is 5.26 Å². The summed E-state index contributed by atoms with van der Waals surface area (Å²) in [6.45, 7) is 0.0955. The van der Waals surface area contributed by atoms with Crippen molar-refractivity contribution in [2.45, 2.75) is 12.1 Å². The van der Waals surface area contributed by atoms with Gasteiger partial charge in [-0.25, -0.2) is 14.6 Å². The average molecular weight is 657 g/mol. The molecule has 11 heteroatoms. The van der Waals surface area contributed by atoms with Gasteiger partial charge in [0.2, 0.25) is 5.82 Å². The van der Waals surface area contributed by atoms with Gasteiger partial charge in [-0.3, -0.25) is 14.4 Å². The highest BCUT2D eigenvalue weighted by molar-refractivity contribution is 6.01. The number of nitriles is 1. The van der Waals surface area contributed by atoms with Crippen LogP contribution in [0.1, 0.15) is 49.1 Å². The van der Waals surface area contributed by atoms with Gasteiger partial charge in [-0.2, -0.15) is 5.26 Å². The lowest BCUT2D eigenvalue weighted by molar-refractivity contribution is 0.0939. The summed E-state index contributed by atoms with van der Waals surface area (Å²) in [6, 6.07) is 43.3. The number of H-pyrrole nitrogens is 1. The molecular weight excluding hydrogens is 628 g/mol. The molecule has 0 radical (unpaired) electrons. The number of anilines is 1. The first-order valence-corrected chi connectivity index (χ1v) is 15.7. The predicted octanol–water partition coefficient (Wildman–Crippen LogP) is 5.41. The Kier molecular flexibility index (Phi) is 8.48. The van der Waals surface area contributed by atoms with E-state index in [1.54, 1.807) is 35.3 Å². The summed E-state index contributed by atoms with van der Waals surface area (Å²) in [7, 11) is 0. The van der Waals surface area contributed by atoms with Crippen LogP contribution in [0.5, 0.6) is 0 Å². The van der Waals surface area contributed by atoms with E-state index in [2.05, 4.69) is 25.6 Å². The molecule has 242 valence electrons. The molecule has 0 aliphatic heterocycles. The van der Waals surface area contributed by atoms with Crippen molar-refractivity contribution in [3.63, 3.8) is 0 Å². The topological polar surface area (TPSA) is 158 Å². The van der Waals surface area contributed by atoms with E-state index in [0.29, 0.717) is 22.3 Å². The number of amides is 2. The summed E-state index contributed by atoms with van der Waals surface area (Å²) in [6.07, 6.45) is 1.57. The van der Waals surface area contributed by atoms with Gasteiger partial charge in [-0.15, -0.1) is 5.10 Å². The van der Waals surface area contributed by atoms with E-state index in [1.165, 1.54) is 18.2 Å². The molecule has 5 aromatic carbocycles. The van der Waals surface area contributed by atoms with Gasteiger partial charge in [0.05, 0.1) is 22.5 Å². The van der Waals surface area contributed by atoms with Crippen molar-refractivity contribution in [3.05, 3.63) is 190 Å². The maximum Gasteiger partial charge on any atom is 0.295 e. The maximum atomic E-state index is 13.5. The van der Waals surface area contributed by atoms with Gasteiger partial charge in [-0.1, -0.05) is 103 Å². The summed E-state index contributed by atoms with van der Waals surface area (Å²) >= 11 is 0. The third kappa shape index (κ3) is 6.00. The molecule has 0 aliphatic carbocycles. The van der Waals surface area contributed by atoms with Crippen LogP contribution in [0, 0.1) is 11.3 Å². The Morgan fingerprint density at radius 3 is 2.04 bits per heavy atom. The summed E-state index contributed by atoms with van der Waals surface area (Å²) in [5.74, 6) is -1.28. The van der Waals surface area contributed by atoms with Crippen LogP contribution in [0.3, 0.4) is 0 Å². The third-order valence-electron chi connectivity index (χ3n) is 8.30. The van der Waals surface area contributed by atoms with E-state index < -0.39 is 22.9 Å². The molecule has 0 atom stereocenters. The first-order valence-electron chi connectivity index (χ1n) is 15.7. The lowest BCUT2D eigenvalue weighted by Crippen LogP contribution is -2.38. The van der Waals surface area contributed by atoms with Gasteiger partial charge in [0.15, 0.2) is 5.82 Å². The van der Waals surface area contributed by atoms with Crippen molar-refractivity contribution in [2.24, 2.45) is 0 Å². The van der Waals surface area contributed by atoms with Crippen molar-refractivity contribution in [2.75, 3.05) is 5.32 Å². The highest BCUT2D eigenvalue weighted by atomic mass is 16.2. The van der Waals surface area contributed by atoms with Crippen molar-refractivity contribution in [1.82, 2.24) is 30.0 Å². The number of carbonyl (C=O) groups is 2. The number of nitrogens with one attached hydrogen (secondary N) is 3. The number of carbonyl (C=O) groups excluding carboxylic acids is 2. The Hall–Kier alpha value is -7.19. The highest BCUT2D eigenvalue weighted by Gasteiger charge is 2.40. The zero-order chi connectivity index (χ0) is 34.5. The fourth-order valence-electron chi connectivity index (χ4n) is 5.99. The fraction of sp³-hybridized carbons (Fsp3) is 0.0513. The molecule has 0 aliphatic rings. The normalized spacial score (nSPS) is 11.1. The standard InChI is InChI=1S/C39H28N8O3/c40-23-26-19-20-33-32(22-26)36(48)45-35(44-33)37(49)41-24-27-11-10-18-31(21-27)43-38(50)34-42-25-47(46-34)39(28-12-4-1-5-13-28,29-14-6-2-7-15-29)30-16-8-3-9-17-30/h1-22,25H,24H2,(H,41,49)(H,43,50)(H,44,45,48). The van der Waals surface area contributed by atoms with Crippen LogP contribution in [0.4, 0.5) is 5.69 Å². The molecule has 0 spiro atoms. The molecule has 3 N–H and O–H groups in total. The monoisotopic (exact) mass is 656 g/mol. The summed E-state index contributed by atoms with van der Waals surface area (Å²) < 4.78 is 1.72. The van der Waals surface area contributed by atoms with Gasteiger partial charge in [0.25, 0.3) is 17.4 Å². The smallest absolute Gasteiger partial charge is 0.295 e. The third-order valence-corrected chi connectivity index (χ3v) is 8.30. The average Bonchev–Trinajstić information content (AvgIpc) is 3.66. The number of benzene rings is 5. The van der Waals surface area contributed by atoms with Crippen LogP contribution in [-0.4, -0.2) is 36.5 Å². The largest absolute Gasteiger partial charge is 0.345 e. The van der Waals surface area contributed by atoms with Crippen LogP contribution < -0.4 is 16.2 Å². The van der Waals surface area contributed by atoms with E-state index in [-0.39, 0.29) is 23.6 Å². The molecule has 50 heavy (non-hydrogen) atoms. The number of nitrogens with zero attached hydrogens (tertiary/aromatic N) is 5. The van der Waals surface area contributed by atoms with E-state index in [4.69, 9.17) is 10.4 Å². The SMILES string of the molecule is N#Cc1ccc2nc(C(=O)NCc3cccc(NC(=O)c4ncn(C(c5ccccc5)(c5ccccc5)c5ccccc5)n4)c3)[nH]c(=O)c2c1. The van der Waals surface area contributed by atoms with Crippen molar-refractivity contribution >= 4 is 28.4 Å². The molecule has 0 saturated heterocycles. The molecule has 2 aromatic heterocycles. The van der Waals surface area contributed by atoms with E-state index in [9.17, 15) is 14.4 Å². The molecule has 2 amide bonds. The summed E-state index contributed by atoms with van der Waals surface area (Å²) in [5, 5.41) is 19.7. The number of rotatable bonds is 9. The molecule has 0 unspecified atom stereocenters. The second-order valence-electron chi connectivity index (χ2n) is 11.4. The lowest BCUT2D eigenvalue weighted by atomic mass is 9.77. The quantitative estimate of drug-likeness (QED) is 0.175. The molecular formula is C39H28N8O3. The Bertz CT molecular complexity index is 2340. The minimum atomic E-state index is -0.919. The van der Waals surface area contributed by atoms with Crippen LogP contribution in [0.25, 0.3) is 10.9 Å². The Labute approximate surface area is 285 Å². The van der Waals surface area contributed by atoms with Crippen molar-refractivity contribution in [3.8, 4) is 6.07 Å². The van der Waals surface area contributed by atoms with Crippen molar-refractivity contribution < 1.29 is 9.59 Å². The zero-order valence-electron chi connectivity index (χ0n) is 26.4. The lowest BCUT2D eigenvalue weighted by Gasteiger charge is -2.35. The zero-order valence-corrected chi connectivity index (χ0v) is 26.4. The summed E-state index contributed by atoms with van der Waals surface area (Å²) in [5.41, 5.74) is 3.17. The number of aromatic nitrogens is 5. The Morgan fingerprint density at radius 2 is 1.42 bits per heavy atom. The molecule has 11 nitrogen and oxygen atoms in total. The van der Waals surface area contributed by atoms with Gasteiger partial charge >= 0.3 is 0 Å². The minimum Gasteiger partial charge on any atom is -0.345 e. The predicted molar refractivity (Wildman–Crippen MR) is 187 cm³/mol. The van der Waals surface area contributed by atoms with E-state index >= 15 is 0 Å². The van der Waals surface area contributed by atoms with Gasteiger partial charge in [-0.05, 0) is 52.6 Å². The fourth-order valence-corrected chi connectivity index (χ4v) is 5.99. The molecule has 2 heterocycles. The summed E-state index contributed by atoms with van der Waals surface area (Å²) in [4.78, 5) is 50.1. The van der Waals surface area contributed by atoms with E-state index in [1.807, 2.05) is 97.1 Å². The van der Waals surface area contributed by atoms with E-state index in [0.717, 1.165) is 16.7 Å². The molecule has 0 bridgehead atoms. The number of fused-ring (bicyclic) bond motifs is 1. The van der Waals surface area contributed by atoms with Gasteiger partial charge < -0.3 is 15.6 Å².